The summed E-state index contributed by atoms with van der Waals surface area (Å²) >= 11 is 2.59. The molecule has 0 aliphatic heterocycles. The van der Waals surface area contributed by atoms with Crippen LogP contribution in [0.2, 0.25) is 0 Å². The van der Waals surface area contributed by atoms with Gasteiger partial charge in [0.1, 0.15) is 22.5 Å². The third kappa shape index (κ3) is 5.88. The number of alkyl halides is 3. The number of hydrogen-bond acceptors (Lipinski definition) is 6. The van der Waals surface area contributed by atoms with E-state index in [-0.39, 0.29) is 27.7 Å². The number of aryl methyl sites for hydroxylation is 3. The Morgan fingerprint density at radius 3 is 2.56 bits per heavy atom. The molecule has 9 heteroatoms. The fourth-order valence-corrected chi connectivity index (χ4v) is 5.29. The lowest BCUT2D eigenvalue weighted by molar-refractivity contribution is -0.141. The normalized spacial score (nSPS) is 11.6. The van der Waals surface area contributed by atoms with Gasteiger partial charge >= 0.3 is 6.18 Å². The Hall–Kier alpha value is -3.09. The van der Waals surface area contributed by atoms with Gasteiger partial charge in [0, 0.05) is 26.6 Å². The van der Waals surface area contributed by atoms with E-state index in [1.54, 1.807) is 35.6 Å². The maximum Gasteiger partial charge on any atom is 0.433 e. The molecule has 0 saturated carbocycles. The van der Waals surface area contributed by atoms with Crippen molar-refractivity contribution < 1.29 is 22.7 Å². The highest BCUT2D eigenvalue weighted by Crippen LogP contribution is 2.35. The Labute approximate surface area is 204 Å². The molecule has 0 bridgehead atoms. The summed E-state index contributed by atoms with van der Waals surface area (Å²) in [4.78, 5) is 18.3. The second-order valence-electron chi connectivity index (χ2n) is 7.50. The third-order valence-electron chi connectivity index (χ3n) is 4.99. The maximum atomic E-state index is 13.2. The average Bonchev–Trinajstić information content (AvgIpc) is 3.12. The van der Waals surface area contributed by atoms with Crippen LogP contribution in [0, 0.1) is 32.1 Å². The largest absolute Gasteiger partial charge is 0.496 e. The number of methoxy groups -OCH3 is 1. The SMILES string of the molecule is COc1ccc(/C=C/C(=O)c2cc(C)sc2C)cc1CSc1nc(C(F)(F)F)cc(C)c1C#N. The quantitative estimate of drug-likeness (QED) is 0.195. The number of allylic oxidation sites excluding steroid dienone is 1. The molecule has 0 atom stereocenters. The molecule has 2 aromatic heterocycles. The van der Waals surface area contributed by atoms with E-state index in [0.29, 0.717) is 16.9 Å². The number of nitrogens with zero attached hydrogens (tertiary/aromatic N) is 2. The number of carbonyl (C=O) groups is 1. The van der Waals surface area contributed by atoms with E-state index >= 15 is 0 Å². The first-order chi connectivity index (χ1) is 16.0. The summed E-state index contributed by atoms with van der Waals surface area (Å²) in [6.07, 6.45) is -1.42. The van der Waals surface area contributed by atoms with Crippen molar-refractivity contribution in [3.05, 3.63) is 79.7 Å². The number of hydrogen-bond donors (Lipinski definition) is 0. The Kier molecular flexibility index (Phi) is 7.85. The molecule has 2 heterocycles. The highest BCUT2D eigenvalue weighted by atomic mass is 32.2. The lowest BCUT2D eigenvalue weighted by Crippen LogP contribution is -2.10. The molecule has 3 aromatic rings. The van der Waals surface area contributed by atoms with Gasteiger partial charge in [-0.05, 0) is 62.2 Å². The van der Waals surface area contributed by atoms with Gasteiger partial charge in [0.15, 0.2) is 5.78 Å². The number of aromatic nitrogens is 1. The lowest BCUT2D eigenvalue weighted by Gasteiger charge is -2.13. The Morgan fingerprint density at radius 2 is 1.97 bits per heavy atom. The minimum atomic E-state index is -4.61. The second-order valence-corrected chi connectivity index (χ2v) is 9.92. The number of thiophene rings is 1. The predicted molar refractivity (Wildman–Crippen MR) is 128 cm³/mol. The lowest BCUT2D eigenvalue weighted by atomic mass is 10.1. The van der Waals surface area contributed by atoms with Crippen LogP contribution in [0.5, 0.6) is 5.75 Å². The van der Waals surface area contributed by atoms with Gasteiger partial charge in [0.05, 0.1) is 12.7 Å². The van der Waals surface area contributed by atoms with E-state index in [2.05, 4.69) is 4.98 Å². The average molecular weight is 503 g/mol. The summed E-state index contributed by atoms with van der Waals surface area (Å²) < 4.78 is 45.0. The van der Waals surface area contributed by atoms with Crippen LogP contribution in [-0.2, 0) is 11.9 Å². The van der Waals surface area contributed by atoms with Crippen LogP contribution in [0.3, 0.4) is 0 Å². The highest BCUT2D eigenvalue weighted by molar-refractivity contribution is 7.98. The van der Waals surface area contributed by atoms with E-state index in [4.69, 9.17) is 4.74 Å². The minimum absolute atomic E-state index is 0.0105. The number of ketones is 1. The summed E-state index contributed by atoms with van der Waals surface area (Å²) in [5, 5.41) is 9.43. The summed E-state index contributed by atoms with van der Waals surface area (Å²) in [6, 6.07) is 10.0. The molecule has 176 valence electrons. The van der Waals surface area contributed by atoms with Crippen LogP contribution in [0.15, 0.2) is 41.4 Å². The van der Waals surface area contributed by atoms with Crippen molar-refractivity contribution >= 4 is 35.0 Å². The first-order valence-corrected chi connectivity index (χ1v) is 11.9. The van der Waals surface area contributed by atoms with Crippen LogP contribution in [0.1, 0.15) is 48.1 Å². The van der Waals surface area contributed by atoms with Gasteiger partial charge in [-0.3, -0.25) is 4.79 Å². The van der Waals surface area contributed by atoms with Crippen LogP contribution in [-0.4, -0.2) is 17.9 Å². The first-order valence-electron chi connectivity index (χ1n) is 10.1. The summed E-state index contributed by atoms with van der Waals surface area (Å²) in [7, 11) is 1.50. The number of thioether (sulfide) groups is 1. The smallest absolute Gasteiger partial charge is 0.433 e. The molecule has 0 spiro atoms. The van der Waals surface area contributed by atoms with Gasteiger partial charge in [-0.2, -0.15) is 18.4 Å². The molecule has 0 N–H and O–H groups in total. The first kappa shape index (κ1) is 25.5. The Bertz CT molecular complexity index is 1300. The monoisotopic (exact) mass is 502 g/mol. The molecular formula is C25H21F3N2O2S2. The van der Waals surface area contributed by atoms with Crippen molar-refractivity contribution in [2.45, 2.75) is 37.7 Å². The Balaban J connectivity index is 1.86. The van der Waals surface area contributed by atoms with Crippen molar-refractivity contribution in [3.8, 4) is 11.8 Å². The van der Waals surface area contributed by atoms with E-state index in [9.17, 15) is 23.2 Å². The third-order valence-corrected chi connectivity index (χ3v) is 6.98. The number of rotatable bonds is 7. The molecule has 3 rings (SSSR count). The number of halogens is 3. The van der Waals surface area contributed by atoms with Gasteiger partial charge in [-0.25, -0.2) is 4.98 Å². The van der Waals surface area contributed by atoms with Gasteiger partial charge in [0.25, 0.3) is 0 Å². The second kappa shape index (κ2) is 10.5. The molecule has 0 saturated heterocycles. The summed E-state index contributed by atoms with van der Waals surface area (Å²) in [5.74, 6) is 0.669. The van der Waals surface area contributed by atoms with E-state index in [0.717, 1.165) is 33.1 Å². The molecule has 0 aliphatic carbocycles. The summed E-state index contributed by atoms with van der Waals surface area (Å²) in [6.45, 7) is 5.31. The number of pyridine rings is 1. The van der Waals surface area contributed by atoms with Crippen molar-refractivity contribution in [3.63, 3.8) is 0 Å². The maximum absolute atomic E-state index is 13.2. The number of carbonyl (C=O) groups excluding carboxylic acids is 1. The molecule has 34 heavy (non-hydrogen) atoms. The van der Waals surface area contributed by atoms with Gasteiger partial charge in [0.2, 0.25) is 0 Å². The molecular weight excluding hydrogens is 481 g/mol. The molecule has 0 unspecified atom stereocenters. The topological polar surface area (TPSA) is 63.0 Å². The molecule has 1 aromatic carbocycles. The molecule has 0 aliphatic rings. The van der Waals surface area contributed by atoms with E-state index < -0.39 is 11.9 Å². The van der Waals surface area contributed by atoms with Gasteiger partial charge in [-0.1, -0.05) is 12.1 Å². The van der Waals surface area contributed by atoms with Crippen molar-refractivity contribution in [1.29, 1.82) is 5.26 Å². The van der Waals surface area contributed by atoms with Crippen molar-refractivity contribution in [2.75, 3.05) is 7.11 Å². The molecule has 0 fully saturated rings. The highest BCUT2D eigenvalue weighted by Gasteiger charge is 2.34. The summed E-state index contributed by atoms with van der Waals surface area (Å²) in [5.41, 5.74) is 1.40. The zero-order chi connectivity index (χ0) is 25.0. The zero-order valence-corrected chi connectivity index (χ0v) is 20.5. The van der Waals surface area contributed by atoms with Crippen LogP contribution in [0.25, 0.3) is 6.08 Å². The van der Waals surface area contributed by atoms with Crippen LogP contribution < -0.4 is 4.74 Å². The minimum Gasteiger partial charge on any atom is -0.496 e. The fourth-order valence-electron chi connectivity index (χ4n) is 3.33. The van der Waals surface area contributed by atoms with Crippen LogP contribution >= 0.6 is 23.1 Å². The van der Waals surface area contributed by atoms with Gasteiger partial charge < -0.3 is 4.74 Å². The zero-order valence-electron chi connectivity index (χ0n) is 18.9. The molecule has 0 radical (unpaired) electrons. The number of ether oxygens (including phenoxy) is 1. The van der Waals surface area contributed by atoms with Crippen LogP contribution in [0.4, 0.5) is 13.2 Å². The standard InChI is InChI=1S/C25H21F3N2O2S2/c1-14-9-23(25(26,27)28)30-24(20(14)12-29)33-13-18-11-17(6-8-22(18)32-4)5-7-21(31)19-10-15(2)34-16(19)3/h5-11H,13H2,1-4H3/b7-5+. The van der Waals surface area contributed by atoms with E-state index in [1.165, 1.54) is 20.1 Å². The van der Waals surface area contributed by atoms with Gasteiger partial charge in [-0.15, -0.1) is 23.1 Å². The number of benzene rings is 1. The van der Waals surface area contributed by atoms with E-state index in [1.807, 2.05) is 26.0 Å². The van der Waals surface area contributed by atoms with Crippen molar-refractivity contribution in [2.24, 2.45) is 0 Å². The number of nitriles is 1. The molecule has 4 nitrogen and oxygen atoms in total. The van der Waals surface area contributed by atoms with Crippen molar-refractivity contribution in [1.82, 2.24) is 4.98 Å². The molecule has 0 amide bonds. The predicted octanol–water partition coefficient (Wildman–Crippen LogP) is 7.16. The fraction of sp³-hybridized carbons (Fsp3) is 0.240. The Morgan fingerprint density at radius 1 is 1.24 bits per heavy atom.